The number of likely N-dealkylation sites (tertiary alicyclic amines) is 1. The van der Waals surface area contributed by atoms with E-state index >= 15 is 0 Å². The Morgan fingerprint density at radius 2 is 1.96 bits per heavy atom. The zero-order valence-corrected chi connectivity index (χ0v) is 15.4. The van der Waals surface area contributed by atoms with Gasteiger partial charge in [-0.15, -0.1) is 0 Å². The first-order valence-electron chi connectivity index (χ1n) is 9.53. The quantitative estimate of drug-likeness (QED) is 0.876. The molecule has 2 amide bonds. The van der Waals surface area contributed by atoms with Crippen LogP contribution in [0.15, 0.2) is 48.5 Å². The first kappa shape index (κ1) is 17.7. The van der Waals surface area contributed by atoms with Crippen LogP contribution < -0.4 is 5.32 Å². The number of anilines is 1. The molecule has 0 aromatic heterocycles. The summed E-state index contributed by atoms with van der Waals surface area (Å²) >= 11 is 0. The van der Waals surface area contributed by atoms with E-state index in [9.17, 15) is 14.7 Å². The van der Waals surface area contributed by atoms with Crippen molar-refractivity contribution < 1.29 is 14.7 Å². The standard InChI is InChI=1S/C22H24N2O3/c1-2-5-19-22(17-6-3-4-7-18(17)23-21(22)27)12-13-24(19)20(26)16-10-8-15(14-25)9-11-16/h3-4,6-11,19,25H,2,5,12-14H2,1H3,(H,23,27)/t19-,22+/m0/s1. The molecule has 2 atom stereocenters. The topological polar surface area (TPSA) is 69.6 Å². The van der Waals surface area contributed by atoms with Gasteiger partial charge in [-0.25, -0.2) is 0 Å². The van der Waals surface area contributed by atoms with E-state index in [1.165, 1.54) is 0 Å². The molecule has 5 heteroatoms. The van der Waals surface area contributed by atoms with E-state index < -0.39 is 5.41 Å². The number of hydrogen-bond acceptors (Lipinski definition) is 3. The maximum Gasteiger partial charge on any atom is 0.254 e. The number of nitrogens with one attached hydrogen (secondary N) is 1. The molecule has 0 radical (unpaired) electrons. The number of nitrogens with zero attached hydrogens (tertiary/aromatic N) is 1. The predicted octanol–water partition coefficient (Wildman–Crippen LogP) is 3.08. The summed E-state index contributed by atoms with van der Waals surface area (Å²) in [6, 6.07) is 14.7. The summed E-state index contributed by atoms with van der Waals surface area (Å²) in [6.07, 6.45) is 2.32. The number of amides is 2. The zero-order valence-electron chi connectivity index (χ0n) is 15.4. The lowest BCUT2D eigenvalue weighted by atomic mass is 9.73. The van der Waals surface area contributed by atoms with Crippen LogP contribution in [0, 0.1) is 0 Å². The van der Waals surface area contributed by atoms with Gasteiger partial charge >= 0.3 is 0 Å². The van der Waals surface area contributed by atoms with Crippen LogP contribution in [0.25, 0.3) is 0 Å². The SMILES string of the molecule is CCC[C@@H]1N(C(=O)c2ccc(CO)cc2)CC[C@]12C(=O)Nc1ccccc12. The molecule has 0 bridgehead atoms. The Labute approximate surface area is 159 Å². The number of rotatable bonds is 4. The fourth-order valence-corrected chi connectivity index (χ4v) is 4.64. The molecule has 2 aliphatic heterocycles. The number of aliphatic hydroxyl groups excluding tert-OH is 1. The number of aliphatic hydroxyl groups is 1. The largest absolute Gasteiger partial charge is 0.392 e. The highest BCUT2D eigenvalue weighted by atomic mass is 16.3. The van der Waals surface area contributed by atoms with Gasteiger partial charge in [0.2, 0.25) is 5.91 Å². The van der Waals surface area contributed by atoms with Gasteiger partial charge in [-0.3, -0.25) is 9.59 Å². The summed E-state index contributed by atoms with van der Waals surface area (Å²) in [4.78, 5) is 28.1. The highest BCUT2D eigenvalue weighted by Gasteiger charge is 2.58. The number of carbonyl (C=O) groups excluding carboxylic acids is 2. The van der Waals surface area contributed by atoms with Crippen molar-refractivity contribution in [3.05, 3.63) is 65.2 Å². The molecule has 2 aromatic rings. The van der Waals surface area contributed by atoms with E-state index in [1.54, 1.807) is 24.3 Å². The first-order chi connectivity index (χ1) is 13.1. The molecule has 2 aromatic carbocycles. The number of benzene rings is 2. The lowest BCUT2D eigenvalue weighted by molar-refractivity contribution is -0.121. The van der Waals surface area contributed by atoms with Gasteiger partial charge in [0.15, 0.2) is 0 Å². The number of hydrogen-bond donors (Lipinski definition) is 2. The molecule has 27 heavy (non-hydrogen) atoms. The van der Waals surface area contributed by atoms with Crippen molar-refractivity contribution >= 4 is 17.5 Å². The highest BCUT2D eigenvalue weighted by molar-refractivity contribution is 6.08. The smallest absolute Gasteiger partial charge is 0.254 e. The average Bonchev–Trinajstić information content (AvgIpc) is 3.21. The van der Waals surface area contributed by atoms with Crippen LogP contribution in [0.5, 0.6) is 0 Å². The Kier molecular flexibility index (Phi) is 4.48. The first-order valence-corrected chi connectivity index (χ1v) is 9.53. The molecular weight excluding hydrogens is 340 g/mol. The fourth-order valence-electron chi connectivity index (χ4n) is 4.64. The second kappa shape index (κ2) is 6.82. The maximum absolute atomic E-state index is 13.2. The Balaban J connectivity index is 1.71. The maximum atomic E-state index is 13.2. The zero-order chi connectivity index (χ0) is 19.0. The summed E-state index contributed by atoms with van der Waals surface area (Å²) in [5.41, 5.74) is 2.59. The van der Waals surface area contributed by atoms with E-state index in [0.717, 1.165) is 29.7 Å². The van der Waals surface area contributed by atoms with Crippen molar-refractivity contribution in [3.8, 4) is 0 Å². The number of carbonyl (C=O) groups is 2. The van der Waals surface area contributed by atoms with E-state index in [0.29, 0.717) is 18.5 Å². The third-order valence-electron chi connectivity index (χ3n) is 5.96. The third-order valence-corrected chi connectivity index (χ3v) is 5.96. The van der Waals surface area contributed by atoms with Crippen LogP contribution >= 0.6 is 0 Å². The minimum Gasteiger partial charge on any atom is -0.392 e. The van der Waals surface area contributed by atoms with E-state index in [2.05, 4.69) is 12.2 Å². The summed E-state index contributed by atoms with van der Waals surface area (Å²) in [6.45, 7) is 2.60. The van der Waals surface area contributed by atoms with Gasteiger partial charge in [-0.1, -0.05) is 43.7 Å². The Hall–Kier alpha value is -2.66. The minimum absolute atomic E-state index is 0.00748. The Morgan fingerprint density at radius 1 is 1.22 bits per heavy atom. The van der Waals surface area contributed by atoms with Gasteiger partial charge < -0.3 is 15.3 Å². The molecule has 2 aliphatic rings. The lowest BCUT2D eigenvalue weighted by Crippen LogP contribution is -2.48. The van der Waals surface area contributed by atoms with E-state index in [1.807, 2.05) is 29.2 Å². The molecular formula is C22H24N2O3. The van der Waals surface area contributed by atoms with Gasteiger partial charge in [0.25, 0.3) is 5.91 Å². The van der Waals surface area contributed by atoms with Gasteiger partial charge in [-0.2, -0.15) is 0 Å². The van der Waals surface area contributed by atoms with Gasteiger partial charge in [0.05, 0.1) is 18.1 Å². The molecule has 2 N–H and O–H groups in total. The van der Waals surface area contributed by atoms with Crippen LogP contribution in [0.2, 0.25) is 0 Å². The normalized spacial score (nSPS) is 23.6. The monoisotopic (exact) mass is 364 g/mol. The summed E-state index contributed by atoms with van der Waals surface area (Å²) in [5.74, 6) is -0.0416. The van der Waals surface area contributed by atoms with Gasteiger partial charge in [0, 0.05) is 17.8 Å². The summed E-state index contributed by atoms with van der Waals surface area (Å²) in [7, 11) is 0. The van der Waals surface area contributed by atoms with Crippen molar-refractivity contribution in [2.45, 2.75) is 44.2 Å². The molecule has 0 saturated carbocycles. The summed E-state index contributed by atoms with van der Waals surface area (Å²) < 4.78 is 0. The minimum atomic E-state index is -0.659. The molecule has 5 nitrogen and oxygen atoms in total. The Bertz CT molecular complexity index is 877. The fraction of sp³-hybridized carbons (Fsp3) is 0.364. The van der Waals surface area contributed by atoms with Crippen LogP contribution in [-0.2, 0) is 16.8 Å². The van der Waals surface area contributed by atoms with Crippen LogP contribution in [0.3, 0.4) is 0 Å². The lowest BCUT2D eigenvalue weighted by Gasteiger charge is -2.34. The highest BCUT2D eigenvalue weighted by Crippen LogP contribution is 2.49. The van der Waals surface area contributed by atoms with Gasteiger partial charge in [0.1, 0.15) is 0 Å². The van der Waals surface area contributed by atoms with Crippen molar-refractivity contribution in [1.82, 2.24) is 4.90 Å². The average molecular weight is 364 g/mol. The van der Waals surface area contributed by atoms with E-state index in [4.69, 9.17) is 0 Å². The summed E-state index contributed by atoms with van der Waals surface area (Å²) in [5, 5.41) is 12.2. The second-order valence-corrected chi connectivity index (χ2v) is 7.38. The van der Waals surface area contributed by atoms with Crippen molar-refractivity contribution in [2.75, 3.05) is 11.9 Å². The van der Waals surface area contributed by atoms with Crippen LogP contribution in [0.4, 0.5) is 5.69 Å². The molecule has 0 unspecified atom stereocenters. The van der Waals surface area contributed by atoms with Crippen molar-refractivity contribution in [1.29, 1.82) is 0 Å². The van der Waals surface area contributed by atoms with E-state index in [-0.39, 0.29) is 24.5 Å². The van der Waals surface area contributed by atoms with Crippen LogP contribution in [-0.4, -0.2) is 34.4 Å². The number of fused-ring (bicyclic) bond motifs is 2. The number of para-hydroxylation sites is 1. The molecule has 0 aliphatic carbocycles. The predicted molar refractivity (Wildman–Crippen MR) is 103 cm³/mol. The van der Waals surface area contributed by atoms with Gasteiger partial charge in [-0.05, 0) is 42.2 Å². The molecule has 140 valence electrons. The second-order valence-electron chi connectivity index (χ2n) is 7.38. The molecule has 1 spiro atoms. The van der Waals surface area contributed by atoms with Crippen molar-refractivity contribution in [3.63, 3.8) is 0 Å². The molecule has 4 rings (SSSR count). The third kappa shape index (κ3) is 2.65. The molecule has 2 heterocycles. The van der Waals surface area contributed by atoms with Crippen LogP contribution in [0.1, 0.15) is 47.7 Å². The molecule has 1 fully saturated rings. The molecule has 1 saturated heterocycles. The van der Waals surface area contributed by atoms with Crippen molar-refractivity contribution in [2.24, 2.45) is 0 Å². The Morgan fingerprint density at radius 3 is 2.67 bits per heavy atom.